The fourth-order valence-electron chi connectivity index (χ4n) is 4.18. The summed E-state index contributed by atoms with van der Waals surface area (Å²) >= 11 is 5.94. The fraction of sp³-hybridized carbons (Fsp3) is 0.185. The van der Waals surface area contributed by atoms with Gasteiger partial charge in [0.2, 0.25) is 11.8 Å². The molecule has 4 N–H and O–H groups in total. The lowest BCUT2D eigenvalue weighted by Gasteiger charge is -2.19. The van der Waals surface area contributed by atoms with Gasteiger partial charge in [-0.1, -0.05) is 48.0 Å². The standard InChI is InChI=1S/C27H27ClN4O2/c1-32-16-22(23(17-32)27(34)30-21-13-11-20(28)12-14-21)19-9-6-18(7-10-19)8-15-26(33)31-25-5-3-2-4-24(25)29/h2-15,22-23H,16-17,29H2,1H3,(H,30,34)(H,31,33). The molecule has 7 heteroatoms. The molecule has 174 valence electrons. The van der Waals surface area contributed by atoms with Crippen LogP contribution in [0.25, 0.3) is 6.08 Å². The van der Waals surface area contributed by atoms with Crippen molar-refractivity contribution < 1.29 is 9.59 Å². The number of halogens is 1. The monoisotopic (exact) mass is 474 g/mol. The van der Waals surface area contributed by atoms with E-state index in [9.17, 15) is 9.59 Å². The van der Waals surface area contributed by atoms with E-state index in [1.807, 2.05) is 43.4 Å². The molecule has 34 heavy (non-hydrogen) atoms. The molecule has 2 atom stereocenters. The predicted octanol–water partition coefficient (Wildman–Crippen LogP) is 4.86. The van der Waals surface area contributed by atoms with Crippen molar-refractivity contribution in [2.45, 2.75) is 5.92 Å². The molecule has 0 spiro atoms. The van der Waals surface area contributed by atoms with Crippen LogP contribution in [0.2, 0.25) is 5.02 Å². The molecule has 0 aliphatic carbocycles. The molecule has 4 rings (SSSR count). The summed E-state index contributed by atoms with van der Waals surface area (Å²) in [7, 11) is 2.03. The topological polar surface area (TPSA) is 87.5 Å². The zero-order chi connectivity index (χ0) is 24.1. The third-order valence-corrected chi connectivity index (χ3v) is 6.21. The number of anilines is 3. The van der Waals surface area contributed by atoms with Crippen LogP contribution in [0.1, 0.15) is 17.0 Å². The number of nitrogens with two attached hydrogens (primary N) is 1. The quantitative estimate of drug-likeness (QED) is 0.352. The first-order valence-electron chi connectivity index (χ1n) is 11.1. The van der Waals surface area contributed by atoms with Gasteiger partial charge in [-0.15, -0.1) is 0 Å². The number of benzene rings is 3. The minimum atomic E-state index is -0.252. The number of hydrogen-bond donors (Lipinski definition) is 3. The summed E-state index contributed by atoms with van der Waals surface area (Å²) in [4.78, 5) is 27.4. The Labute approximate surface area is 204 Å². The summed E-state index contributed by atoms with van der Waals surface area (Å²) < 4.78 is 0. The number of amides is 2. The highest BCUT2D eigenvalue weighted by molar-refractivity contribution is 6.30. The number of nitrogen functional groups attached to an aromatic ring is 1. The van der Waals surface area contributed by atoms with Crippen molar-refractivity contribution in [2.24, 2.45) is 5.92 Å². The van der Waals surface area contributed by atoms with E-state index in [1.165, 1.54) is 6.08 Å². The van der Waals surface area contributed by atoms with Gasteiger partial charge in [-0.25, -0.2) is 0 Å². The van der Waals surface area contributed by atoms with Crippen LogP contribution in [0.15, 0.2) is 78.9 Å². The number of nitrogens with one attached hydrogen (secondary N) is 2. The van der Waals surface area contributed by atoms with Crippen molar-refractivity contribution in [2.75, 3.05) is 36.5 Å². The largest absolute Gasteiger partial charge is 0.397 e. The third-order valence-electron chi connectivity index (χ3n) is 5.96. The number of likely N-dealkylation sites (N-methyl/N-ethyl adjacent to an activating group) is 1. The highest BCUT2D eigenvalue weighted by atomic mass is 35.5. The highest BCUT2D eigenvalue weighted by Crippen LogP contribution is 2.33. The lowest BCUT2D eigenvalue weighted by Crippen LogP contribution is -2.28. The number of likely N-dealkylation sites (tertiary alicyclic amines) is 1. The van der Waals surface area contributed by atoms with Crippen molar-refractivity contribution in [3.63, 3.8) is 0 Å². The van der Waals surface area contributed by atoms with E-state index in [0.29, 0.717) is 22.9 Å². The Hall–Kier alpha value is -3.61. The molecule has 0 saturated carbocycles. The SMILES string of the molecule is CN1CC(C(=O)Nc2ccc(Cl)cc2)C(c2ccc(C=CC(=O)Nc3ccccc3N)cc2)C1. The van der Waals surface area contributed by atoms with Crippen LogP contribution in [0.5, 0.6) is 0 Å². The van der Waals surface area contributed by atoms with E-state index in [2.05, 4.69) is 15.5 Å². The first-order valence-corrected chi connectivity index (χ1v) is 11.5. The normalized spacial score (nSPS) is 18.2. The van der Waals surface area contributed by atoms with E-state index in [0.717, 1.165) is 23.4 Å². The minimum Gasteiger partial charge on any atom is -0.397 e. The molecule has 6 nitrogen and oxygen atoms in total. The third kappa shape index (κ3) is 5.84. The highest BCUT2D eigenvalue weighted by Gasteiger charge is 2.36. The van der Waals surface area contributed by atoms with Gasteiger partial charge in [0.25, 0.3) is 0 Å². The number of para-hydroxylation sites is 2. The molecule has 2 amide bonds. The molecular formula is C27H27ClN4O2. The molecule has 0 aromatic heterocycles. The van der Waals surface area contributed by atoms with E-state index in [1.54, 1.807) is 42.5 Å². The second-order valence-electron chi connectivity index (χ2n) is 8.51. The van der Waals surface area contributed by atoms with E-state index in [-0.39, 0.29) is 23.7 Å². The summed E-state index contributed by atoms with van der Waals surface area (Å²) in [5.41, 5.74) is 9.70. The zero-order valence-corrected chi connectivity index (χ0v) is 19.6. The Morgan fingerprint density at radius 1 is 0.971 bits per heavy atom. The maximum Gasteiger partial charge on any atom is 0.248 e. The summed E-state index contributed by atoms with van der Waals surface area (Å²) in [5.74, 6) is -0.334. The molecule has 1 aliphatic rings. The van der Waals surface area contributed by atoms with Crippen molar-refractivity contribution >= 4 is 46.6 Å². The fourth-order valence-corrected chi connectivity index (χ4v) is 4.31. The Morgan fingerprint density at radius 3 is 2.38 bits per heavy atom. The smallest absolute Gasteiger partial charge is 0.248 e. The molecule has 0 radical (unpaired) electrons. The van der Waals surface area contributed by atoms with E-state index < -0.39 is 0 Å². The lowest BCUT2D eigenvalue weighted by molar-refractivity contribution is -0.119. The van der Waals surface area contributed by atoms with Crippen LogP contribution in [0.4, 0.5) is 17.1 Å². The number of carbonyl (C=O) groups is 2. The summed E-state index contributed by atoms with van der Waals surface area (Å²) in [6, 6.07) is 22.2. The first-order chi connectivity index (χ1) is 16.4. The van der Waals surface area contributed by atoms with Gasteiger partial charge in [-0.2, -0.15) is 0 Å². The molecule has 1 heterocycles. The van der Waals surface area contributed by atoms with Crippen LogP contribution >= 0.6 is 11.6 Å². The van der Waals surface area contributed by atoms with E-state index in [4.69, 9.17) is 17.3 Å². The van der Waals surface area contributed by atoms with Gasteiger partial charge < -0.3 is 21.3 Å². The molecule has 1 aliphatic heterocycles. The molecule has 3 aromatic rings. The molecular weight excluding hydrogens is 448 g/mol. The van der Waals surface area contributed by atoms with Crippen LogP contribution < -0.4 is 16.4 Å². The van der Waals surface area contributed by atoms with Gasteiger partial charge in [0.15, 0.2) is 0 Å². The van der Waals surface area contributed by atoms with E-state index >= 15 is 0 Å². The Bertz CT molecular complexity index is 1190. The van der Waals surface area contributed by atoms with Crippen LogP contribution in [0.3, 0.4) is 0 Å². The van der Waals surface area contributed by atoms with Crippen molar-refractivity contribution in [1.29, 1.82) is 0 Å². The molecule has 1 saturated heterocycles. The van der Waals surface area contributed by atoms with Gasteiger partial charge >= 0.3 is 0 Å². The van der Waals surface area contributed by atoms with Crippen LogP contribution in [-0.2, 0) is 9.59 Å². The van der Waals surface area contributed by atoms with Gasteiger partial charge in [0.1, 0.15) is 0 Å². The molecule has 0 bridgehead atoms. The van der Waals surface area contributed by atoms with Gasteiger partial charge in [0, 0.05) is 35.8 Å². The number of rotatable bonds is 6. The van der Waals surface area contributed by atoms with Crippen molar-refractivity contribution in [1.82, 2.24) is 4.90 Å². The Morgan fingerprint density at radius 2 is 1.68 bits per heavy atom. The van der Waals surface area contributed by atoms with Crippen molar-refractivity contribution in [3.8, 4) is 0 Å². The van der Waals surface area contributed by atoms with Crippen LogP contribution in [0, 0.1) is 5.92 Å². The summed E-state index contributed by atoms with van der Waals surface area (Å²) in [6.45, 7) is 1.49. The average Bonchev–Trinajstić information content (AvgIpc) is 3.23. The van der Waals surface area contributed by atoms with Gasteiger partial charge in [-0.05, 0) is 60.6 Å². The number of hydrogen-bond acceptors (Lipinski definition) is 4. The molecule has 1 fully saturated rings. The van der Waals surface area contributed by atoms with Gasteiger partial charge in [0.05, 0.1) is 17.3 Å². The van der Waals surface area contributed by atoms with Crippen LogP contribution in [-0.4, -0.2) is 36.9 Å². The minimum absolute atomic E-state index is 0.00231. The zero-order valence-electron chi connectivity index (χ0n) is 18.9. The molecule has 3 aromatic carbocycles. The Balaban J connectivity index is 1.40. The van der Waals surface area contributed by atoms with Gasteiger partial charge in [-0.3, -0.25) is 9.59 Å². The molecule has 2 unspecified atom stereocenters. The number of carbonyl (C=O) groups excluding carboxylic acids is 2. The lowest BCUT2D eigenvalue weighted by atomic mass is 9.88. The maximum absolute atomic E-state index is 13.0. The maximum atomic E-state index is 13.0. The van der Waals surface area contributed by atoms with Crippen molar-refractivity contribution in [3.05, 3.63) is 95.0 Å². The Kier molecular flexibility index (Phi) is 7.30. The summed E-state index contributed by atoms with van der Waals surface area (Å²) in [6.07, 6.45) is 3.23. The number of nitrogens with zero attached hydrogens (tertiary/aromatic N) is 1. The second-order valence-corrected chi connectivity index (χ2v) is 8.94. The predicted molar refractivity (Wildman–Crippen MR) is 139 cm³/mol. The first kappa shape index (κ1) is 23.5. The summed E-state index contributed by atoms with van der Waals surface area (Å²) in [5, 5.41) is 6.42. The average molecular weight is 475 g/mol. The second kappa shape index (κ2) is 10.5.